The number of carbonyl (C=O) groups is 1. The van der Waals surface area contributed by atoms with E-state index in [2.05, 4.69) is 42.8 Å². The molecule has 0 aliphatic heterocycles. The summed E-state index contributed by atoms with van der Waals surface area (Å²) < 4.78 is 13.1. The van der Waals surface area contributed by atoms with E-state index in [0.717, 1.165) is 52.3 Å². The predicted molar refractivity (Wildman–Crippen MR) is 187 cm³/mol. The van der Waals surface area contributed by atoms with Crippen molar-refractivity contribution in [3.8, 4) is 23.2 Å². The van der Waals surface area contributed by atoms with Crippen LogP contribution in [0.25, 0.3) is 27.4 Å². The number of urea groups is 1. The Morgan fingerprint density at radius 2 is 1.81 bits per heavy atom. The van der Waals surface area contributed by atoms with E-state index < -0.39 is 6.03 Å². The third kappa shape index (κ3) is 6.58. The number of aromatic amines is 1. The van der Waals surface area contributed by atoms with Gasteiger partial charge in [-0.25, -0.2) is 19.4 Å². The number of H-pyrrole nitrogens is 1. The van der Waals surface area contributed by atoms with E-state index in [0.29, 0.717) is 40.7 Å². The van der Waals surface area contributed by atoms with Crippen LogP contribution in [0.3, 0.4) is 0 Å². The van der Waals surface area contributed by atoms with Crippen LogP contribution < -0.4 is 25.4 Å². The van der Waals surface area contributed by atoms with Crippen LogP contribution in [0, 0.1) is 0 Å². The molecule has 0 saturated heterocycles. The lowest BCUT2D eigenvalue weighted by Gasteiger charge is -2.14. The number of anilines is 4. The average Bonchev–Trinajstić information content (AvgIpc) is 3.75. The topological polar surface area (TPSA) is 144 Å². The quantitative estimate of drug-likeness (QED) is 0.111. The number of aromatic nitrogens is 6. The second kappa shape index (κ2) is 13.5. The molecule has 48 heavy (non-hydrogen) atoms. The molecule has 2 amide bonds. The molecule has 0 saturated carbocycles. The summed E-state index contributed by atoms with van der Waals surface area (Å²) >= 11 is 0. The molecule has 4 heterocycles. The molecule has 0 spiro atoms. The number of amides is 2. The van der Waals surface area contributed by atoms with Crippen LogP contribution in [0.5, 0.6) is 17.5 Å². The normalized spacial score (nSPS) is 11.0. The summed E-state index contributed by atoms with van der Waals surface area (Å²) in [6, 6.07) is 26.1. The third-order valence-corrected chi connectivity index (χ3v) is 7.75. The van der Waals surface area contributed by atoms with Gasteiger partial charge in [0, 0.05) is 58.0 Å². The number of aryl methyl sites for hydroxylation is 1. The fourth-order valence-corrected chi connectivity index (χ4v) is 5.39. The molecule has 240 valence electrons. The average molecular weight is 640 g/mol. The van der Waals surface area contributed by atoms with Crippen LogP contribution in [0.4, 0.5) is 27.9 Å². The number of ether oxygens (including phenoxy) is 2. The Labute approximate surface area is 276 Å². The second-order valence-electron chi connectivity index (χ2n) is 11.1. The smallest absolute Gasteiger partial charge is 0.324 e. The Balaban J connectivity index is 1.09. The highest BCUT2D eigenvalue weighted by molar-refractivity contribution is 6.07. The zero-order valence-corrected chi connectivity index (χ0v) is 26.4. The molecule has 7 rings (SSSR count). The fraction of sp³-hybridized carbons (Fsp3) is 0.139. The number of unbranched alkanes of at least 4 members (excludes halogenated alkanes) is 1. The van der Waals surface area contributed by atoms with Crippen molar-refractivity contribution in [2.24, 2.45) is 0 Å². The van der Waals surface area contributed by atoms with Crippen molar-refractivity contribution in [2.45, 2.75) is 26.2 Å². The largest absolute Gasteiger partial charge is 0.481 e. The van der Waals surface area contributed by atoms with E-state index in [1.807, 2.05) is 72.9 Å². The number of fused-ring (bicyclic) bond motifs is 2. The Morgan fingerprint density at radius 1 is 0.917 bits per heavy atom. The fourth-order valence-electron chi connectivity index (χ4n) is 5.39. The van der Waals surface area contributed by atoms with Gasteiger partial charge in [0.1, 0.15) is 11.6 Å². The molecule has 0 atom stereocenters. The molecular weight excluding hydrogens is 606 g/mol. The maximum Gasteiger partial charge on any atom is 0.324 e. The van der Waals surface area contributed by atoms with Gasteiger partial charge in [-0.05, 0) is 55.3 Å². The highest BCUT2D eigenvalue weighted by atomic mass is 16.5. The van der Waals surface area contributed by atoms with E-state index in [4.69, 9.17) is 14.6 Å². The van der Waals surface area contributed by atoms with Crippen molar-refractivity contribution in [1.82, 2.24) is 29.7 Å². The third-order valence-electron chi connectivity index (χ3n) is 7.75. The highest BCUT2D eigenvalue weighted by Crippen LogP contribution is 2.34. The number of nitrogens with zero attached hydrogens (tertiary/aromatic N) is 5. The van der Waals surface area contributed by atoms with Crippen molar-refractivity contribution in [1.29, 1.82) is 0 Å². The Hall–Kier alpha value is -6.43. The molecule has 0 unspecified atom stereocenters. The number of pyridine rings is 1. The maximum atomic E-state index is 13.4. The summed E-state index contributed by atoms with van der Waals surface area (Å²) in [7, 11) is 1.56. The number of hydrogen-bond acceptors (Lipinski definition) is 8. The minimum atomic E-state index is -0.414. The molecule has 0 aliphatic rings. The monoisotopic (exact) mass is 639 g/mol. The molecule has 4 N–H and O–H groups in total. The number of methoxy groups -OCH3 is 1. The lowest BCUT2D eigenvalue weighted by molar-refractivity contribution is 0.262. The summed E-state index contributed by atoms with van der Waals surface area (Å²) in [6.07, 6.45) is 8.02. The standard InChI is InChI=1S/C36H33N9O3/c1-3-4-7-25-21-32(45(44-25)26-11-15-33(47-2)39-22-26)42-36(46)41-30-13-14-31(28-9-6-5-8-27(28)30)48-34-17-19-38-35(43-34)40-24-10-12-29-23(20-24)16-18-37-29/h5-6,8-22,37H,3-4,7H2,1-2H3,(H,38,40,43)(H2,41,42,46). The Bertz CT molecular complexity index is 2210. The van der Waals surface area contributed by atoms with Gasteiger partial charge in [-0.2, -0.15) is 10.1 Å². The molecule has 12 nitrogen and oxygen atoms in total. The molecule has 7 aromatic rings. The minimum Gasteiger partial charge on any atom is -0.481 e. The van der Waals surface area contributed by atoms with Gasteiger partial charge in [-0.3, -0.25) is 5.32 Å². The number of rotatable bonds is 11. The summed E-state index contributed by atoms with van der Waals surface area (Å²) in [4.78, 5) is 29.8. The van der Waals surface area contributed by atoms with Gasteiger partial charge in [-0.15, -0.1) is 0 Å². The van der Waals surface area contributed by atoms with Crippen molar-refractivity contribution in [3.05, 3.63) is 109 Å². The summed E-state index contributed by atoms with van der Waals surface area (Å²) in [5.41, 5.74) is 4.10. The zero-order chi connectivity index (χ0) is 32.9. The van der Waals surface area contributed by atoms with Gasteiger partial charge in [0.25, 0.3) is 0 Å². The lowest BCUT2D eigenvalue weighted by atomic mass is 10.1. The van der Waals surface area contributed by atoms with Crippen LogP contribution in [0.15, 0.2) is 104 Å². The molecule has 12 heteroatoms. The zero-order valence-electron chi connectivity index (χ0n) is 26.4. The first-order valence-corrected chi connectivity index (χ1v) is 15.6. The van der Waals surface area contributed by atoms with E-state index in [-0.39, 0.29) is 0 Å². The van der Waals surface area contributed by atoms with Crippen LogP contribution in [-0.2, 0) is 6.42 Å². The van der Waals surface area contributed by atoms with Gasteiger partial charge in [0.15, 0.2) is 0 Å². The summed E-state index contributed by atoms with van der Waals surface area (Å²) in [5.74, 6) is 2.38. The molecule has 0 radical (unpaired) electrons. The summed E-state index contributed by atoms with van der Waals surface area (Å²) in [5, 5.41) is 16.6. The number of carbonyl (C=O) groups excluding carboxylic acids is 1. The van der Waals surface area contributed by atoms with E-state index in [1.165, 1.54) is 0 Å². The van der Waals surface area contributed by atoms with Crippen LogP contribution in [-0.4, -0.2) is 42.9 Å². The van der Waals surface area contributed by atoms with Gasteiger partial charge >= 0.3 is 6.03 Å². The molecule has 0 fully saturated rings. The van der Waals surface area contributed by atoms with Crippen molar-refractivity contribution >= 4 is 50.8 Å². The van der Waals surface area contributed by atoms with Crippen LogP contribution in [0.2, 0.25) is 0 Å². The first-order valence-electron chi connectivity index (χ1n) is 15.6. The van der Waals surface area contributed by atoms with Gasteiger partial charge in [0.05, 0.1) is 30.4 Å². The van der Waals surface area contributed by atoms with Crippen molar-refractivity contribution in [2.75, 3.05) is 23.1 Å². The first kappa shape index (κ1) is 30.2. The predicted octanol–water partition coefficient (Wildman–Crippen LogP) is 8.22. The van der Waals surface area contributed by atoms with Gasteiger partial charge in [-0.1, -0.05) is 37.6 Å². The van der Waals surface area contributed by atoms with Crippen LogP contribution >= 0.6 is 0 Å². The van der Waals surface area contributed by atoms with Crippen molar-refractivity contribution in [3.63, 3.8) is 0 Å². The maximum absolute atomic E-state index is 13.4. The van der Waals surface area contributed by atoms with Gasteiger partial charge < -0.3 is 25.1 Å². The Kier molecular flexibility index (Phi) is 8.51. The minimum absolute atomic E-state index is 0.374. The number of hydrogen-bond donors (Lipinski definition) is 4. The van der Waals surface area contributed by atoms with E-state index in [1.54, 1.807) is 42.4 Å². The highest BCUT2D eigenvalue weighted by Gasteiger charge is 2.16. The second-order valence-corrected chi connectivity index (χ2v) is 11.1. The molecule has 4 aromatic heterocycles. The SMILES string of the molecule is CCCCc1cc(NC(=O)Nc2ccc(Oc3ccnc(Nc4ccc5[nH]ccc5c4)n3)c3ccccc23)n(-c2ccc(OC)nc2)n1. The first-order chi connectivity index (χ1) is 23.6. The molecule has 0 aliphatic carbocycles. The Morgan fingerprint density at radius 3 is 2.65 bits per heavy atom. The van der Waals surface area contributed by atoms with E-state index in [9.17, 15) is 4.79 Å². The molecule has 0 bridgehead atoms. The molecule has 3 aromatic carbocycles. The van der Waals surface area contributed by atoms with Gasteiger partial charge in [0.2, 0.25) is 17.7 Å². The summed E-state index contributed by atoms with van der Waals surface area (Å²) in [6.45, 7) is 2.13. The van der Waals surface area contributed by atoms with E-state index >= 15 is 0 Å². The molecular formula is C36H33N9O3. The van der Waals surface area contributed by atoms with Crippen LogP contribution in [0.1, 0.15) is 25.5 Å². The number of benzene rings is 3. The lowest BCUT2D eigenvalue weighted by Crippen LogP contribution is -2.21. The van der Waals surface area contributed by atoms with Crippen molar-refractivity contribution < 1.29 is 14.3 Å². The number of nitrogens with one attached hydrogen (secondary N) is 4.